The maximum atomic E-state index is 13.9. The van der Waals surface area contributed by atoms with Gasteiger partial charge in [-0.3, -0.25) is 9.59 Å². The van der Waals surface area contributed by atoms with Crippen molar-refractivity contribution < 1.29 is 38.7 Å². The fourth-order valence-electron chi connectivity index (χ4n) is 4.56. The molecule has 4 rings (SSSR count). The number of carbonyl (C=O) groups excluding carboxylic acids is 4. The standard InChI is InChI=1S/C27H25N3O7/c1-14-19(15(2)29-21(14)27(35)37-4)23(31)20-22(17-7-9-18(10-8-17)26(34)36-3)30(25(33)24(20)32)13-16-6-5-11-28-12-16/h5-12,22,29,31H,13H2,1-4H3. The van der Waals surface area contributed by atoms with E-state index in [2.05, 4.69) is 9.97 Å². The summed E-state index contributed by atoms with van der Waals surface area (Å²) in [5, 5.41) is 13.9. The number of H-pyrrole nitrogens is 2. The molecule has 1 saturated heterocycles. The van der Waals surface area contributed by atoms with E-state index in [4.69, 9.17) is 9.47 Å². The number of hydrogen-bond donors (Lipinski definition) is 1. The van der Waals surface area contributed by atoms with Crippen molar-refractivity contribution in [1.29, 1.82) is 0 Å². The van der Waals surface area contributed by atoms with Gasteiger partial charge in [-0.2, -0.15) is 0 Å². The second kappa shape index (κ2) is 10.1. The van der Waals surface area contributed by atoms with Crippen LogP contribution in [0.25, 0.3) is 5.76 Å². The molecule has 0 radical (unpaired) electrons. The molecule has 1 atom stereocenters. The van der Waals surface area contributed by atoms with E-state index in [0.717, 1.165) is 5.56 Å². The number of rotatable bonds is 6. The molecular formula is C27H25N3O7. The Morgan fingerprint density at radius 3 is 2.32 bits per heavy atom. The predicted molar refractivity (Wildman–Crippen MR) is 128 cm³/mol. The van der Waals surface area contributed by atoms with Gasteiger partial charge < -0.3 is 24.5 Å². The number of Topliss-reactive ketones (excluding diaryl/α,β-unsaturated/α-hetero) is 1. The SMILES string of the molecule is COC(=O)c1ccc(C2C(=C([O-])c3c(C)[nH]c(C(=O)OC)c3C)C(=O)C(=O)N2Cc2ccc[nH+]c2)cc1. The topological polar surface area (TPSA) is 143 Å². The van der Waals surface area contributed by atoms with Crippen molar-refractivity contribution >= 4 is 29.4 Å². The number of aromatic amines is 2. The molecule has 2 aromatic heterocycles. The van der Waals surface area contributed by atoms with Crippen LogP contribution in [-0.2, 0) is 25.6 Å². The van der Waals surface area contributed by atoms with Gasteiger partial charge in [0.25, 0.3) is 5.91 Å². The summed E-state index contributed by atoms with van der Waals surface area (Å²) in [6.07, 6.45) is 3.40. The lowest BCUT2D eigenvalue weighted by Crippen LogP contribution is -2.29. The van der Waals surface area contributed by atoms with E-state index in [0.29, 0.717) is 16.8 Å². The number of pyridine rings is 1. The minimum atomic E-state index is -1.02. The van der Waals surface area contributed by atoms with E-state index >= 15 is 0 Å². The van der Waals surface area contributed by atoms with Crippen LogP contribution in [0.4, 0.5) is 0 Å². The largest absolute Gasteiger partial charge is 0.872 e. The number of ketones is 1. The molecule has 190 valence electrons. The van der Waals surface area contributed by atoms with Crippen LogP contribution in [0.3, 0.4) is 0 Å². The maximum absolute atomic E-state index is 13.9. The Bertz CT molecular complexity index is 1420. The number of likely N-dealkylation sites (tertiary alicyclic amines) is 1. The van der Waals surface area contributed by atoms with E-state index in [1.54, 1.807) is 50.5 Å². The summed E-state index contributed by atoms with van der Waals surface area (Å²) >= 11 is 0. The molecular weight excluding hydrogens is 478 g/mol. The lowest BCUT2D eigenvalue weighted by Gasteiger charge is -2.27. The maximum Gasteiger partial charge on any atom is 0.354 e. The van der Waals surface area contributed by atoms with Crippen molar-refractivity contribution in [3.63, 3.8) is 0 Å². The zero-order chi connectivity index (χ0) is 26.9. The number of carbonyl (C=O) groups is 4. The van der Waals surface area contributed by atoms with Gasteiger partial charge in [0.05, 0.1) is 32.4 Å². The molecule has 3 aromatic rings. The van der Waals surface area contributed by atoms with E-state index in [1.165, 1.54) is 31.3 Å². The highest BCUT2D eigenvalue weighted by molar-refractivity contribution is 6.46. The minimum absolute atomic E-state index is 0.0562. The summed E-state index contributed by atoms with van der Waals surface area (Å²) in [5.41, 5.74) is 2.13. The third kappa shape index (κ3) is 4.49. The third-order valence-electron chi connectivity index (χ3n) is 6.36. The van der Waals surface area contributed by atoms with Crippen LogP contribution < -0.4 is 10.1 Å². The van der Waals surface area contributed by atoms with Crippen molar-refractivity contribution in [2.45, 2.75) is 26.4 Å². The third-order valence-corrected chi connectivity index (χ3v) is 6.36. The minimum Gasteiger partial charge on any atom is -0.872 e. The van der Waals surface area contributed by atoms with Crippen LogP contribution in [0.15, 0.2) is 54.4 Å². The first-order valence-electron chi connectivity index (χ1n) is 11.4. The molecule has 0 aliphatic carbocycles. The zero-order valence-electron chi connectivity index (χ0n) is 20.7. The lowest BCUT2D eigenvalue weighted by molar-refractivity contribution is -0.378. The number of aryl methyl sites for hydroxylation is 1. The van der Waals surface area contributed by atoms with E-state index in [9.17, 15) is 24.3 Å². The molecule has 0 spiro atoms. The number of aromatic nitrogens is 2. The number of esters is 2. The fraction of sp³-hybridized carbons (Fsp3) is 0.222. The van der Waals surface area contributed by atoms with Gasteiger partial charge in [-0.1, -0.05) is 17.9 Å². The molecule has 37 heavy (non-hydrogen) atoms. The van der Waals surface area contributed by atoms with Crippen molar-refractivity contribution in [2.24, 2.45) is 0 Å². The molecule has 1 unspecified atom stereocenters. The smallest absolute Gasteiger partial charge is 0.354 e. The monoisotopic (exact) mass is 503 g/mol. The highest BCUT2D eigenvalue weighted by Gasteiger charge is 2.44. The van der Waals surface area contributed by atoms with Crippen LogP contribution in [-0.4, -0.2) is 47.7 Å². The number of hydrogen-bond acceptors (Lipinski definition) is 7. The van der Waals surface area contributed by atoms with Gasteiger partial charge in [0.1, 0.15) is 5.69 Å². The number of amides is 1. The van der Waals surface area contributed by atoms with Crippen molar-refractivity contribution in [3.05, 3.63) is 93.6 Å². The van der Waals surface area contributed by atoms with Crippen molar-refractivity contribution in [2.75, 3.05) is 14.2 Å². The van der Waals surface area contributed by atoms with E-state index < -0.39 is 35.4 Å². The van der Waals surface area contributed by atoms with Crippen LogP contribution in [0, 0.1) is 13.8 Å². The first-order valence-corrected chi connectivity index (χ1v) is 11.4. The predicted octanol–water partition coefficient (Wildman–Crippen LogP) is 1.44. The second-order valence-electron chi connectivity index (χ2n) is 8.55. The summed E-state index contributed by atoms with van der Waals surface area (Å²) in [6, 6.07) is 8.70. The van der Waals surface area contributed by atoms with Crippen LogP contribution in [0.1, 0.15) is 54.8 Å². The van der Waals surface area contributed by atoms with Gasteiger partial charge in [0.2, 0.25) is 5.78 Å². The van der Waals surface area contributed by atoms with Gasteiger partial charge in [0.15, 0.2) is 12.4 Å². The number of nitrogens with zero attached hydrogens (tertiary/aromatic N) is 1. The Labute approximate surface area is 212 Å². The average molecular weight is 504 g/mol. The molecule has 2 N–H and O–H groups in total. The Kier molecular flexibility index (Phi) is 6.92. The summed E-state index contributed by atoms with van der Waals surface area (Å²) in [4.78, 5) is 57.8. The first kappa shape index (κ1) is 25.4. The number of methoxy groups -OCH3 is 2. The highest BCUT2D eigenvalue weighted by Crippen LogP contribution is 2.40. The van der Waals surface area contributed by atoms with Gasteiger partial charge in [-0.05, 0) is 48.7 Å². The molecule has 1 aliphatic heterocycles. The van der Waals surface area contributed by atoms with E-state index in [1.807, 2.05) is 0 Å². The molecule has 0 bridgehead atoms. The van der Waals surface area contributed by atoms with Crippen molar-refractivity contribution in [3.8, 4) is 0 Å². The van der Waals surface area contributed by atoms with E-state index in [-0.39, 0.29) is 28.9 Å². The molecule has 10 heteroatoms. The summed E-state index contributed by atoms with van der Waals surface area (Å²) < 4.78 is 9.53. The lowest BCUT2D eigenvalue weighted by atomic mass is 9.93. The second-order valence-corrected chi connectivity index (χ2v) is 8.55. The van der Waals surface area contributed by atoms with Gasteiger partial charge in [-0.15, -0.1) is 0 Å². The van der Waals surface area contributed by atoms with Crippen LogP contribution in [0.5, 0.6) is 0 Å². The first-order chi connectivity index (χ1) is 17.7. The van der Waals surface area contributed by atoms with Crippen LogP contribution in [0.2, 0.25) is 0 Å². The molecule has 1 aromatic carbocycles. The van der Waals surface area contributed by atoms with Gasteiger partial charge in [-0.25, -0.2) is 14.6 Å². The summed E-state index contributed by atoms with van der Waals surface area (Å²) in [6.45, 7) is 3.23. The Morgan fingerprint density at radius 1 is 1.05 bits per heavy atom. The molecule has 0 saturated carbocycles. The average Bonchev–Trinajstić information content (AvgIpc) is 3.35. The Morgan fingerprint density at radius 2 is 1.73 bits per heavy atom. The van der Waals surface area contributed by atoms with Crippen molar-refractivity contribution in [1.82, 2.24) is 9.88 Å². The quantitative estimate of drug-likeness (QED) is 0.232. The van der Waals surface area contributed by atoms with Gasteiger partial charge >= 0.3 is 11.9 Å². The number of nitrogens with one attached hydrogen (secondary N) is 2. The molecule has 3 heterocycles. The highest BCUT2D eigenvalue weighted by atomic mass is 16.5. The molecule has 1 aliphatic rings. The fourth-order valence-corrected chi connectivity index (χ4v) is 4.56. The number of ether oxygens (including phenoxy) is 2. The molecule has 1 fully saturated rings. The Balaban J connectivity index is 1.90. The zero-order valence-corrected chi connectivity index (χ0v) is 20.7. The summed E-state index contributed by atoms with van der Waals surface area (Å²) in [5.74, 6) is -3.62. The van der Waals surface area contributed by atoms with Crippen LogP contribution >= 0.6 is 0 Å². The normalized spacial score (nSPS) is 16.6. The Hall–Kier alpha value is -4.73. The number of benzene rings is 1. The molecule has 1 amide bonds. The molecule has 10 nitrogen and oxygen atoms in total. The van der Waals surface area contributed by atoms with Gasteiger partial charge in [0, 0.05) is 22.9 Å². The summed E-state index contributed by atoms with van der Waals surface area (Å²) in [7, 11) is 2.48.